The quantitative estimate of drug-likeness (QED) is 0.463. The van der Waals surface area contributed by atoms with Crippen LogP contribution < -0.4 is 0 Å². The highest BCUT2D eigenvalue weighted by Gasteiger charge is 2.23. The van der Waals surface area contributed by atoms with Crippen LogP contribution >= 0.6 is 0 Å². The molecule has 6 nitrogen and oxygen atoms in total. The van der Waals surface area contributed by atoms with Gasteiger partial charge in [0.2, 0.25) is 0 Å². The van der Waals surface area contributed by atoms with Crippen molar-refractivity contribution in [2.45, 2.75) is 60.0 Å². The highest BCUT2D eigenvalue weighted by molar-refractivity contribution is 5.71. The van der Waals surface area contributed by atoms with Crippen LogP contribution in [-0.4, -0.2) is 31.1 Å². The molecular formula is C23H29N5O. The number of methoxy groups -OCH3 is 1. The van der Waals surface area contributed by atoms with E-state index in [9.17, 15) is 0 Å². The molecule has 0 saturated carbocycles. The Bertz CT molecular complexity index is 1180. The highest BCUT2D eigenvalue weighted by atomic mass is 16.5. The molecule has 0 atom stereocenters. The summed E-state index contributed by atoms with van der Waals surface area (Å²) < 4.78 is 9.53. The van der Waals surface area contributed by atoms with Gasteiger partial charge in [0.25, 0.3) is 0 Å². The zero-order valence-electron chi connectivity index (χ0n) is 18.2. The zero-order valence-corrected chi connectivity index (χ0v) is 18.2. The molecule has 0 aliphatic rings. The van der Waals surface area contributed by atoms with Crippen molar-refractivity contribution in [2.24, 2.45) is 0 Å². The normalized spacial score (nSPS) is 12.0. The SMILES string of the molecule is CCC(CC)c1cc(C)nn2c(-c3c(C)nc4c(COC)cccn34)c(C)nc12. The average Bonchev–Trinajstić information content (AvgIpc) is 3.19. The predicted molar refractivity (Wildman–Crippen MR) is 115 cm³/mol. The van der Waals surface area contributed by atoms with Crippen molar-refractivity contribution in [1.82, 2.24) is 24.0 Å². The molecule has 0 aliphatic heterocycles. The molecule has 29 heavy (non-hydrogen) atoms. The van der Waals surface area contributed by atoms with Gasteiger partial charge in [-0.25, -0.2) is 14.5 Å². The van der Waals surface area contributed by atoms with Gasteiger partial charge in [0.05, 0.1) is 29.4 Å². The van der Waals surface area contributed by atoms with Crippen molar-refractivity contribution >= 4 is 11.3 Å². The van der Waals surface area contributed by atoms with Crippen LogP contribution in [0, 0.1) is 20.8 Å². The molecule has 4 aromatic rings. The second-order valence-electron chi connectivity index (χ2n) is 7.74. The van der Waals surface area contributed by atoms with Gasteiger partial charge in [-0.3, -0.25) is 4.40 Å². The van der Waals surface area contributed by atoms with Crippen LogP contribution in [0.2, 0.25) is 0 Å². The van der Waals surface area contributed by atoms with E-state index in [1.165, 1.54) is 5.56 Å². The Morgan fingerprint density at radius 2 is 1.69 bits per heavy atom. The number of pyridine rings is 1. The van der Waals surface area contributed by atoms with Gasteiger partial charge in [-0.1, -0.05) is 19.9 Å². The van der Waals surface area contributed by atoms with Gasteiger partial charge in [0.15, 0.2) is 5.65 Å². The molecule has 152 valence electrons. The fourth-order valence-corrected chi connectivity index (χ4v) is 4.37. The summed E-state index contributed by atoms with van der Waals surface area (Å²) in [6.45, 7) is 11.2. The van der Waals surface area contributed by atoms with E-state index in [1.807, 2.05) is 10.6 Å². The van der Waals surface area contributed by atoms with Gasteiger partial charge in [0, 0.05) is 24.4 Å². The molecule has 0 aliphatic carbocycles. The summed E-state index contributed by atoms with van der Waals surface area (Å²) in [7, 11) is 1.71. The summed E-state index contributed by atoms with van der Waals surface area (Å²) >= 11 is 0. The van der Waals surface area contributed by atoms with Gasteiger partial charge >= 0.3 is 0 Å². The first-order valence-electron chi connectivity index (χ1n) is 10.3. The first-order chi connectivity index (χ1) is 14.0. The van der Waals surface area contributed by atoms with Gasteiger partial charge in [-0.05, 0) is 51.7 Å². The molecule has 0 unspecified atom stereocenters. The van der Waals surface area contributed by atoms with E-state index in [1.54, 1.807) is 7.11 Å². The molecule has 0 N–H and O–H groups in total. The highest BCUT2D eigenvalue weighted by Crippen LogP contribution is 2.33. The number of rotatable bonds is 6. The Balaban J connectivity index is 2.04. The summed E-state index contributed by atoms with van der Waals surface area (Å²) in [4.78, 5) is 9.83. The molecular weight excluding hydrogens is 362 g/mol. The molecule has 4 rings (SSSR count). The van der Waals surface area contributed by atoms with Crippen LogP contribution in [0.25, 0.3) is 22.7 Å². The van der Waals surface area contributed by atoms with Crippen molar-refractivity contribution in [3.63, 3.8) is 0 Å². The van der Waals surface area contributed by atoms with Crippen molar-refractivity contribution in [2.75, 3.05) is 7.11 Å². The number of aryl methyl sites for hydroxylation is 3. The second kappa shape index (κ2) is 7.59. The van der Waals surface area contributed by atoms with Crippen LogP contribution in [0.4, 0.5) is 0 Å². The first-order valence-corrected chi connectivity index (χ1v) is 10.3. The Morgan fingerprint density at radius 3 is 2.38 bits per heavy atom. The van der Waals surface area contributed by atoms with Crippen molar-refractivity contribution < 1.29 is 4.74 Å². The maximum atomic E-state index is 5.37. The fourth-order valence-electron chi connectivity index (χ4n) is 4.37. The minimum Gasteiger partial charge on any atom is -0.380 e. The lowest BCUT2D eigenvalue weighted by atomic mass is 9.95. The monoisotopic (exact) mass is 391 g/mol. The summed E-state index contributed by atoms with van der Waals surface area (Å²) in [5.41, 5.74) is 9.21. The summed E-state index contributed by atoms with van der Waals surface area (Å²) in [5.74, 6) is 0.477. The predicted octanol–water partition coefficient (Wildman–Crippen LogP) is 5.02. The summed E-state index contributed by atoms with van der Waals surface area (Å²) in [6.07, 6.45) is 4.23. The van der Waals surface area contributed by atoms with E-state index < -0.39 is 0 Å². The molecule has 0 fully saturated rings. The van der Waals surface area contributed by atoms with Crippen LogP contribution in [0.5, 0.6) is 0 Å². The molecule has 0 spiro atoms. The third-order valence-electron chi connectivity index (χ3n) is 5.76. The molecule has 0 bridgehead atoms. The van der Waals surface area contributed by atoms with E-state index in [4.69, 9.17) is 19.8 Å². The van der Waals surface area contributed by atoms with Crippen LogP contribution in [0.15, 0.2) is 24.4 Å². The third-order valence-corrected chi connectivity index (χ3v) is 5.76. The fraction of sp³-hybridized carbons (Fsp3) is 0.435. The van der Waals surface area contributed by atoms with E-state index >= 15 is 0 Å². The molecule has 0 aromatic carbocycles. The van der Waals surface area contributed by atoms with E-state index in [-0.39, 0.29) is 0 Å². The largest absolute Gasteiger partial charge is 0.380 e. The number of nitrogens with zero attached hydrogens (tertiary/aromatic N) is 5. The van der Waals surface area contributed by atoms with Crippen molar-refractivity contribution in [1.29, 1.82) is 0 Å². The molecule has 4 aromatic heterocycles. The zero-order chi connectivity index (χ0) is 20.7. The maximum absolute atomic E-state index is 5.37. The van der Waals surface area contributed by atoms with Gasteiger partial charge < -0.3 is 4.74 Å². The lowest BCUT2D eigenvalue weighted by molar-refractivity contribution is 0.185. The molecule has 6 heteroatoms. The van der Waals surface area contributed by atoms with Crippen LogP contribution in [0.1, 0.15) is 60.8 Å². The minimum absolute atomic E-state index is 0.477. The number of hydrogen-bond acceptors (Lipinski definition) is 4. The number of hydrogen-bond donors (Lipinski definition) is 0. The smallest absolute Gasteiger partial charge is 0.158 e. The van der Waals surface area contributed by atoms with Gasteiger partial charge in [-0.15, -0.1) is 0 Å². The average molecular weight is 392 g/mol. The first kappa shape index (κ1) is 19.6. The standard InChI is InChI=1S/C23H29N5O/c1-7-17(8-2)19-12-14(3)26-28-21(16(5)25-23(19)28)20-15(4)24-22-18(13-29-6)10-9-11-27(20)22/h9-12,17H,7-8,13H2,1-6H3. The van der Waals surface area contributed by atoms with Gasteiger partial charge in [0.1, 0.15) is 11.3 Å². The van der Waals surface area contributed by atoms with E-state index in [0.29, 0.717) is 12.5 Å². The second-order valence-corrected chi connectivity index (χ2v) is 7.74. The Kier molecular flexibility index (Phi) is 5.13. The Morgan fingerprint density at radius 1 is 1.00 bits per heavy atom. The minimum atomic E-state index is 0.477. The third kappa shape index (κ3) is 3.12. The summed E-state index contributed by atoms with van der Waals surface area (Å²) in [6, 6.07) is 6.30. The van der Waals surface area contributed by atoms with E-state index in [0.717, 1.165) is 58.2 Å². The van der Waals surface area contributed by atoms with Crippen LogP contribution in [-0.2, 0) is 11.3 Å². The lowest BCUT2D eigenvalue weighted by Gasteiger charge is -2.15. The van der Waals surface area contributed by atoms with Gasteiger partial charge in [-0.2, -0.15) is 5.10 Å². The number of ether oxygens (including phenoxy) is 1. The maximum Gasteiger partial charge on any atom is 0.158 e. The lowest BCUT2D eigenvalue weighted by Crippen LogP contribution is -2.06. The Labute approximate surface area is 171 Å². The number of fused-ring (bicyclic) bond motifs is 2. The van der Waals surface area contributed by atoms with Crippen molar-refractivity contribution in [3.05, 3.63) is 52.6 Å². The molecule has 0 saturated heterocycles. The van der Waals surface area contributed by atoms with E-state index in [2.05, 4.69) is 57.3 Å². The Hall–Kier alpha value is -2.73. The van der Waals surface area contributed by atoms with Crippen molar-refractivity contribution in [3.8, 4) is 11.4 Å². The number of aromatic nitrogens is 5. The topological polar surface area (TPSA) is 56.7 Å². The summed E-state index contributed by atoms with van der Waals surface area (Å²) in [5, 5.41) is 4.86. The van der Waals surface area contributed by atoms with Crippen LogP contribution in [0.3, 0.4) is 0 Å². The molecule has 0 amide bonds. The molecule has 0 radical (unpaired) electrons. The molecule has 4 heterocycles. The number of imidazole rings is 2.